The zero-order valence-corrected chi connectivity index (χ0v) is 15.1. The summed E-state index contributed by atoms with van der Waals surface area (Å²) in [5.74, 6) is 0.643. The van der Waals surface area contributed by atoms with Gasteiger partial charge in [-0.25, -0.2) is 4.98 Å². The number of aromatic nitrogens is 2. The molecular weight excluding hydrogens is 328 g/mol. The minimum atomic E-state index is -3.53. The molecule has 2 aromatic rings. The van der Waals surface area contributed by atoms with Gasteiger partial charge in [0.1, 0.15) is 5.82 Å². The van der Waals surface area contributed by atoms with Gasteiger partial charge >= 0.3 is 0 Å². The molecule has 0 saturated carbocycles. The van der Waals surface area contributed by atoms with E-state index >= 15 is 0 Å². The number of methoxy groups -OCH3 is 1. The summed E-state index contributed by atoms with van der Waals surface area (Å²) in [6, 6.07) is 5.86. The van der Waals surface area contributed by atoms with E-state index < -0.39 is 10.2 Å². The molecule has 1 atom stereocenters. The molecule has 132 valence electrons. The second kappa shape index (κ2) is 6.79. The van der Waals surface area contributed by atoms with Gasteiger partial charge < -0.3 is 9.72 Å². The summed E-state index contributed by atoms with van der Waals surface area (Å²) in [6.45, 7) is 3.20. The monoisotopic (exact) mass is 352 g/mol. The van der Waals surface area contributed by atoms with Gasteiger partial charge in [-0.3, -0.25) is 0 Å². The minimum absolute atomic E-state index is 0.0826. The van der Waals surface area contributed by atoms with Crippen LogP contribution in [0.1, 0.15) is 24.2 Å². The number of hydrogen-bond acceptors (Lipinski definition) is 4. The number of aromatic amines is 1. The van der Waals surface area contributed by atoms with Crippen molar-refractivity contribution >= 4 is 21.2 Å². The van der Waals surface area contributed by atoms with Gasteiger partial charge in [-0.15, -0.1) is 0 Å². The third kappa shape index (κ3) is 3.32. The van der Waals surface area contributed by atoms with E-state index in [1.165, 1.54) is 4.31 Å². The summed E-state index contributed by atoms with van der Waals surface area (Å²) in [5, 5.41) is 0. The van der Waals surface area contributed by atoms with Crippen LogP contribution < -0.4 is 0 Å². The highest BCUT2D eigenvalue weighted by Gasteiger charge is 2.36. The molecule has 1 aliphatic heterocycles. The van der Waals surface area contributed by atoms with E-state index in [4.69, 9.17) is 4.74 Å². The molecule has 0 spiro atoms. The first kappa shape index (κ1) is 17.3. The van der Waals surface area contributed by atoms with Gasteiger partial charge in [-0.1, -0.05) is 6.07 Å². The van der Waals surface area contributed by atoms with Crippen molar-refractivity contribution in [3.05, 3.63) is 29.6 Å². The zero-order valence-electron chi connectivity index (χ0n) is 14.3. The SMILES string of the molecule is COCC1CCCN1S(=O)(=O)N(C)Cc1nc2ccc(C)cc2[nH]1. The fourth-order valence-electron chi connectivity index (χ4n) is 3.19. The predicted molar refractivity (Wildman–Crippen MR) is 92.8 cm³/mol. The van der Waals surface area contributed by atoms with E-state index in [2.05, 4.69) is 9.97 Å². The van der Waals surface area contributed by atoms with Crippen molar-refractivity contribution in [2.75, 3.05) is 27.3 Å². The maximum Gasteiger partial charge on any atom is 0.282 e. The number of ether oxygens (including phenoxy) is 1. The van der Waals surface area contributed by atoms with Crippen molar-refractivity contribution in [3.63, 3.8) is 0 Å². The van der Waals surface area contributed by atoms with Gasteiger partial charge in [0.25, 0.3) is 10.2 Å². The number of H-pyrrole nitrogens is 1. The van der Waals surface area contributed by atoms with Gasteiger partial charge in [-0.2, -0.15) is 17.0 Å². The van der Waals surface area contributed by atoms with Gasteiger partial charge in [0.05, 0.1) is 24.2 Å². The van der Waals surface area contributed by atoms with E-state index in [0.29, 0.717) is 19.0 Å². The number of imidazole rings is 1. The molecular formula is C16H24N4O3S. The average molecular weight is 352 g/mol. The van der Waals surface area contributed by atoms with Crippen LogP contribution in [0.5, 0.6) is 0 Å². The third-order valence-corrected chi connectivity index (χ3v) is 6.42. The first-order chi connectivity index (χ1) is 11.4. The molecule has 7 nitrogen and oxygen atoms in total. The van der Waals surface area contributed by atoms with Crippen LogP contribution in [0.3, 0.4) is 0 Å². The summed E-state index contributed by atoms with van der Waals surface area (Å²) in [6.07, 6.45) is 1.70. The molecule has 1 aliphatic rings. The number of hydrogen-bond donors (Lipinski definition) is 1. The molecule has 0 radical (unpaired) electrons. The van der Waals surface area contributed by atoms with Crippen LogP contribution in [0.2, 0.25) is 0 Å². The molecule has 8 heteroatoms. The number of nitrogens with zero attached hydrogens (tertiary/aromatic N) is 3. The fraction of sp³-hybridized carbons (Fsp3) is 0.562. The lowest BCUT2D eigenvalue weighted by Gasteiger charge is -2.28. The molecule has 1 saturated heterocycles. The van der Waals surface area contributed by atoms with Crippen LogP contribution in [0.4, 0.5) is 0 Å². The van der Waals surface area contributed by atoms with E-state index in [1.54, 1.807) is 18.5 Å². The summed E-state index contributed by atoms with van der Waals surface area (Å²) >= 11 is 0. The summed E-state index contributed by atoms with van der Waals surface area (Å²) in [5.41, 5.74) is 2.91. The van der Waals surface area contributed by atoms with Crippen molar-refractivity contribution in [2.24, 2.45) is 0 Å². The van der Waals surface area contributed by atoms with Crippen molar-refractivity contribution < 1.29 is 13.2 Å². The van der Waals surface area contributed by atoms with Crippen molar-refractivity contribution in [1.82, 2.24) is 18.6 Å². The van der Waals surface area contributed by atoms with Crippen molar-refractivity contribution in [2.45, 2.75) is 32.4 Å². The Hall–Kier alpha value is -1.48. The molecule has 0 bridgehead atoms. The lowest BCUT2D eigenvalue weighted by atomic mass is 10.2. The second-order valence-corrected chi connectivity index (χ2v) is 8.32. The molecule has 3 rings (SSSR count). The van der Waals surface area contributed by atoms with Gasteiger partial charge in [0.2, 0.25) is 0 Å². The van der Waals surface area contributed by atoms with Gasteiger partial charge in [-0.05, 0) is 37.5 Å². The average Bonchev–Trinajstić information content (AvgIpc) is 3.13. The largest absolute Gasteiger partial charge is 0.383 e. The Kier molecular flexibility index (Phi) is 4.91. The van der Waals surface area contributed by atoms with E-state index in [9.17, 15) is 8.42 Å². The fourth-order valence-corrected chi connectivity index (χ4v) is 4.74. The normalized spacial score (nSPS) is 19.6. The van der Waals surface area contributed by atoms with E-state index in [1.807, 2.05) is 25.1 Å². The number of aryl methyl sites for hydroxylation is 1. The highest BCUT2D eigenvalue weighted by atomic mass is 32.2. The molecule has 0 amide bonds. The van der Waals surface area contributed by atoms with Gasteiger partial charge in [0, 0.05) is 26.7 Å². The highest BCUT2D eigenvalue weighted by molar-refractivity contribution is 7.86. The standard InChI is InChI=1S/C16H24N4O3S/c1-12-6-7-14-15(9-12)18-16(17-14)10-19(2)24(21,22)20-8-4-5-13(20)11-23-3/h6-7,9,13H,4-5,8,10-11H2,1-3H3,(H,17,18). The Balaban J connectivity index is 1.78. The first-order valence-corrected chi connectivity index (χ1v) is 9.49. The zero-order chi connectivity index (χ0) is 17.3. The van der Waals surface area contributed by atoms with Gasteiger partial charge in [0.15, 0.2) is 0 Å². The number of rotatable bonds is 6. The third-order valence-electron chi connectivity index (χ3n) is 4.43. The molecule has 24 heavy (non-hydrogen) atoms. The van der Waals surface area contributed by atoms with E-state index in [-0.39, 0.29) is 12.6 Å². The van der Waals surface area contributed by atoms with Crippen molar-refractivity contribution in [3.8, 4) is 0 Å². The lowest BCUT2D eigenvalue weighted by Crippen LogP contribution is -2.45. The lowest BCUT2D eigenvalue weighted by molar-refractivity contribution is 0.146. The predicted octanol–water partition coefficient (Wildman–Crippen LogP) is 1.66. The first-order valence-electron chi connectivity index (χ1n) is 8.09. The minimum Gasteiger partial charge on any atom is -0.383 e. The Morgan fingerprint density at radius 2 is 2.25 bits per heavy atom. The Labute approximate surface area is 142 Å². The Morgan fingerprint density at radius 3 is 3.00 bits per heavy atom. The quantitative estimate of drug-likeness (QED) is 0.857. The maximum atomic E-state index is 12.8. The summed E-state index contributed by atoms with van der Waals surface area (Å²) in [4.78, 5) is 7.69. The summed E-state index contributed by atoms with van der Waals surface area (Å²) in [7, 11) is -0.334. The van der Waals surface area contributed by atoms with Crippen LogP contribution in [-0.2, 0) is 21.5 Å². The smallest absolute Gasteiger partial charge is 0.282 e. The van der Waals surface area contributed by atoms with E-state index in [0.717, 1.165) is 29.4 Å². The number of fused-ring (bicyclic) bond motifs is 1. The topological polar surface area (TPSA) is 78.5 Å². The molecule has 1 aromatic heterocycles. The summed E-state index contributed by atoms with van der Waals surface area (Å²) < 4.78 is 33.7. The molecule has 0 aliphatic carbocycles. The molecule has 1 fully saturated rings. The van der Waals surface area contributed by atoms with Crippen LogP contribution in [-0.4, -0.2) is 60.3 Å². The number of benzene rings is 1. The molecule has 1 N–H and O–H groups in total. The Bertz CT molecular complexity index is 818. The van der Waals surface area contributed by atoms with Crippen LogP contribution in [0.25, 0.3) is 11.0 Å². The van der Waals surface area contributed by atoms with Crippen LogP contribution >= 0.6 is 0 Å². The van der Waals surface area contributed by atoms with Crippen LogP contribution in [0.15, 0.2) is 18.2 Å². The number of nitrogens with one attached hydrogen (secondary N) is 1. The molecule has 1 aromatic carbocycles. The highest BCUT2D eigenvalue weighted by Crippen LogP contribution is 2.24. The van der Waals surface area contributed by atoms with Crippen LogP contribution in [0, 0.1) is 6.92 Å². The second-order valence-electron chi connectivity index (χ2n) is 6.33. The van der Waals surface area contributed by atoms with Crippen molar-refractivity contribution in [1.29, 1.82) is 0 Å². The molecule has 2 heterocycles. The maximum absolute atomic E-state index is 12.8. The Morgan fingerprint density at radius 1 is 1.46 bits per heavy atom. The molecule has 1 unspecified atom stereocenters.